The van der Waals surface area contributed by atoms with E-state index in [9.17, 15) is 24.8 Å². The molecule has 0 spiro atoms. The third-order valence-corrected chi connectivity index (χ3v) is 4.62. The van der Waals surface area contributed by atoms with Gasteiger partial charge in [-0.3, -0.25) is 19.7 Å². The van der Waals surface area contributed by atoms with Crippen molar-refractivity contribution in [3.63, 3.8) is 0 Å². The highest BCUT2D eigenvalue weighted by Gasteiger charge is 2.16. The van der Waals surface area contributed by atoms with Crippen molar-refractivity contribution in [2.24, 2.45) is 5.10 Å². The molecule has 0 saturated carbocycles. The molecule has 0 aliphatic rings. The quantitative estimate of drug-likeness (QED) is 0.272. The monoisotopic (exact) mass is 468 g/mol. The number of hydrazone groups is 1. The Morgan fingerprint density at radius 2 is 1.82 bits per heavy atom. The molecule has 10 nitrogen and oxygen atoms in total. The second kappa shape index (κ2) is 10.2. The standard InChI is InChI=1S/C22H17ClN4O6/c1-33-19-11-18(27(31)32)10-15(20(19)28)12-24-26-22(30)13-5-7-17(8-6-13)25-21(29)14-3-2-4-16(23)9-14/h2-12,28H,1H3,(H,25,29)(H,26,30)/b24-12-. The topological polar surface area (TPSA) is 143 Å². The third kappa shape index (κ3) is 5.83. The Morgan fingerprint density at radius 1 is 1.09 bits per heavy atom. The van der Waals surface area contributed by atoms with Gasteiger partial charge >= 0.3 is 0 Å². The van der Waals surface area contributed by atoms with Crippen LogP contribution in [0.4, 0.5) is 11.4 Å². The summed E-state index contributed by atoms with van der Waals surface area (Å²) >= 11 is 5.89. The maximum absolute atomic E-state index is 12.3. The Labute approximate surface area is 192 Å². The summed E-state index contributed by atoms with van der Waals surface area (Å²) in [6, 6.07) is 14.7. The average Bonchev–Trinajstić information content (AvgIpc) is 2.80. The zero-order valence-electron chi connectivity index (χ0n) is 17.1. The molecule has 3 aromatic carbocycles. The molecule has 0 aliphatic heterocycles. The normalized spacial score (nSPS) is 10.6. The number of nitrogens with zero attached hydrogens (tertiary/aromatic N) is 2. The number of phenolic OH excluding ortho intramolecular Hbond substituents is 1. The van der Waals surface area contributed by atoms with Crippen LogP contribution in [0, 0.1) is 10.1 Å². The Kier molecular flexibility index (Phi) is 7.21. The van der Waals surface area contributed by atoms with Gasteiger partial charge in [0, 0.05) is 33.5 Å². The van der Waals surface area contributed by atoms with Gasteiger partial charge in [0.25, 0.3) is 17.5 Å². The number of carbonyl (C=O) groups excluding carboxylic acids is 2. The molecular weight excluding hydrogens is 452 g/mol. The lowest BCUT2D eigenvalue weighted by atomic mass is 10.1. The Hall–Kier alpha value is -4.44. The molecule has 0 saturated heterocycles. The van der Waals surface area contributed by atoms with Gasteiger partial charge in [0.1, 0.15) is 0 Å². The van der Waals surface area contributed by atoms with Crippen molar-refractivity contribution in [2.75, 3.05) is 12.4 Å². The van der Waals surface area contributed by atoms with Gasteiger partial charge in [0.15, 0.2) is 11.5 Å². The number of aromatic hydroxyl groups is 1. The largest absolute Gasteiger partial charge is 0.504 e. The SMILES string of the molecule is COc1cc([N+](=O)[O-])cc(/C=N\NC(=O)c2ccc(NC(=O)c3cccc(Cl)c3)cc2)c1O. The van der Waals surface area contributed by atoms with Crippen LogP contribution < -0.4 is 15.5 Å². The van der Waals surface area contributed by atoms with Crippen LogP contribution in [0.2, 0.25) is 5.02 Å². The first-order chi connectivity index (χ1) is 15.8. The smallest absolute Gasteiger partial charge is 0.274 e. The van der Waals surface area contributed by atoms with Gasteiger partial charge in [-0.15, -0.1) is 0 Å². The molecule has 168 valence electrons. The second-order valence-electron chi connectivity index (χ2n) is 6.58. The van der Waals surface area contributed by atoms with E-state index in [4.69, 9.17) is 16.3 Å². The number of benzene rings is 3. The highest BCUT2D eigenvalue weighted by atomic mass is 35.5. The number of carbonyl (C=O) groups is 2. The molecule has 2 amide bonds. The zero-order valence-corrected chi connectivity index (χ0v) is 17.9. The number of amides is 2. The number of ether oxygens (including phenoxy) is 1. The van der Waals surface area contributed by atoms with E-state index >= 15 is 0 Å². The first-order valence-corrected chi connectivity index (χ1v) is 9.72. The lowest BCUT2D eigenvalue weighted by Gasteiger charge is -2.07. The van der Waals surface area contributed by atoms with Gasteiger partial charge in [0.05, 0.1) is 24.3 Å². The van der Waals surface area contributed by atoms with Gasteiger partial charge < -0.3 is 15.2 Å². The molecule has 0 radical (unpaired) electrons. The maximum atomic E-state index is 12.3. The summed E-state index contributed by atoms with van der Waals surface area (Å²) in [5.74, 6) is -1.39. The number of anilines is 1. The van der Waals surface area contributed by atoms with E-state index in [1.165, 1.54) is 25.3 Å². The molecule has 3 aromatic rings. The lowest BCUT2D eigenvalue weighted by Crippen LogP contribution is -2.18. The number of methoxy groups -OCH3 is 1. The molecule has 0 atom stereocenters. The minimum atomic E-state index is -0.648. The van der Waals surface area contributed by atoms with E-state index < -0.39 is 10.8 Å². The van der Waals surface area contributed by atoms with Crippen molar-refractivity contribution < 1.29 is 24.4 Å². The number of nitro benzene ring substituents is 1. The Bertz CT molecular complexity index is 1240. The molecule has 33 heavy (non-hydrogen) atoms. The Balaban J connectivity index is 1.65. The molecule has 0 heterocycles. The number of phenols is 1. The van der Waals surface area contributed by atoms with Crippen molar-refractivity contribution in [2.45, 2.75) is 0 Å². The van der Waals surface area contributed by atoms with Crippen LogP contribution in [0.5, 0.6) is 11.5 Å². The fraction of sp³-hybridized carbons (Fsp3) is 0.0455. The lowest BCUT2D eigenvalue weighted by molar-refractivity contribution is -0.385. The van der Waals surface area contributed by atoms with Gasteiger partial charge in [-0.05, 0) is 42.5 Å². The summed E-state index contributed by atoms with van der Waals surface area (Å²) in [6.07, 6.45) is 1.06. The summed E-state index contributed by atoms with van der Waals surface area (Å²) < 4.78 is 4.91. The summed E-state index contributed by atoms with van der Waals surface area (Å²) in [6.45, 7) is 0. The van der Waals surface area contributed by atoms with Crippen LogP contribution >= 0.6 is 11.6 Å². The first kappa shape index (κ1) is 23.2. The molecule has 0 aromatic heterocycles. The summed E-state index contributed by atoms with van der Waals surface area (Å²) in [5.41, 5.74) is 3.03. The Morgan fingerprint density at radius 3 is 2.45 bits per heavy atom. The molecule has 3 N–H and O–H groups in total. The summed E-state index contributed by atoms with van der Waals surface area (Å²) in [5, 5.41) is 28.0. The number of non-ortho nitro benzene ring substituents is 1. The zero-order chi connectivity index (χ0) is 24.0. The van der Waals surface area contributed by atoms with Gasteiger partial charge in [0.2, 0.25) is 0 Å². The van der Waals surface area contributed by atoms with Crippen LogP contribution in [-0.4, -0.2) is 35.2 Å². The van der Waals surface area contributed by atoms with Crippen LogP contribution in [0.1, 0.15) is 26.3 Å². The molecule has 0 unspecified atom stereocenters. The van der Waals surface area contributed by atoms with E-state index in [1.807, 2.05) is 0 Å². The van der Waals surface area contributed by atoms with Crippen molar-refractivity contribution in [1.29, 1.82) is 0 Å². The fourth-order valence-corrected chi connectivity index (χ4v) is 2.93. The fourth-order valence-electron chi connectivity index (χ4n) is 2.74. The molecule has 0 aliphatic carbocycles. The van der Waals surface area contributed by atoms with Crippen molar-refractivity contribution in [1.82, 2.24) is 5.43 Å². The van der Waals surface area contributed by atoms with E-state index in [-0.39, 0.29) is 34.2 Å². The molecular formula is C22H17ClN4O6. The highest BCUT2D eigenvalue weighted by molar-refractivity contribution is 6.31. The van der Waals surface area contributed by atoms with Crippen molar-refractivity contribution >= 4 is 41.0 Å². The van der Waals surface area contributed by atoms with E-state index in [0.29, 0.717) is 16.3 Å². The summed E-state index contributed by atoms with van der Waals surface area (Å²) in [7, 11) is 1.25. The average molecular weight is 469 g/mol. The van der Waals surface area contributed by atoms with Gasteiger partial charge in [-0.2, -0.15) is 5.10 Å². The first-order valence-electron chi connectivity index (χ1n) is 9.34. The number of hydrogen-bond donors (Lipinski definition) is 3. The van der Waals surface area contributed by atoms with Crippen LogP contribution in [-0.2, 0) is 0 Å². The van der Waals surface area contributed by atoms with Gasteiger partial charge in [-0.1, -0.05) is 17.7 Å². The van der Waals surface area contributed by atoms with Crippen LogP contribution in [0.3, 0.4) is 0 Å². The number of nitrogens with one attached hydrogen (secondary N) is 2. The third-order valence-electron chi connectivity index (χ3n) is 4.38. The van der Waals surface area contributed by atoms with E-state index in [0.717, 1.165) is 18.3 Å². The van der Waals surface area contributed by atoms with Gasteiger partial charge in [-0.25, -0.2) is 5.43 Å². The predicted octanol–water partition coefficient (Wildman–Crippen LogP) is 3.98. The minimum absolute atomic E-state index is 0.0135. The van der Waals surface area contributed by atoms with Crippen LogP contribution in [0.15, 0.2) is 65.8 Å². The van der Waals surface area contributed by atoms with Crippen LogP contribution in [0.25, 0.3) is 0 Å². The maximum Gasteiger partial charge on any atom is 0.274 e. The molecule has 11 heteroatoms. The molecule has 0 fully saturated rings. The van der Waals surface area contributed by atoms with E-state index in [2.05, 4.69) is 15.8 Å². The predicted molar refractivity (Wildman–Crippen MR) is 122 cm³/mol. The highest BCUT2D eigenvalue weighted by Crippen LogP contribution is 2.33. The molecule has 3 rings (SSSR count). The number of halogens is 1. The number of hydrogen-bond acceptors (Lipinski definition) is 7. The summed E-state index contributed by atoms with van der Waals surface area (Å²) in [4.78, 5) is 34.9. The van der Waals surface area contributed by atoms with Crippen molar-refractivity contribution in [3.8, 4) is 11.5 Å². The van der Waals surface area contributed by atoms with E-state index in [1.54, 1.807) is 30.3 Å². The molecule has 0 bridgehead atoms. The van der Waals surface area contributed by atoms with Crippen molar-refractivity contribution in [3.05, 3.63) is 92.5 Å². The second-order valence-corrected chi connectivity index (χ2v) is 7.02. The number of rotatable bonds is 7. The number of nitro groups is 1. The minimum Gasteiger partial charge on any atom is -0.504 e.